The molecular formula is C24H27N9O. The summed E-state index contributed by atoms with van der Waals surface area (Å²) in [7, 11) is 0. The monoisotopic (exact) mass is 457 g/mol. The van der Waals surface area contributed by atoms with Gasteiger partial charge < -0.3 is 21.7 Å². The molecule has 10 heteroatoms. The summed E-state index contributed by atoms with van der Waals surface area (Å²) in [4.78, 5) is 27.7. The van der Waals surface area contributed by atoms with E-state index in [1.165, 1.54) is 0 Å². The highest BCUT2D eigenvalue weighted by molar-refractivity contribution is 5.95. The van der Waals surface area contributed by atoms with Gasteiger partial charge in [-0.05, 0) is 43.9 Å². The number of hydrogen-bond acceptors (Lipinski definition) is 8. The highest BCUT2D eigenvalue weighted by atomic mass is 16.2. The van der Waals surface area contributed by atoms with Crippen LogP contribution < -0.4 is 16.8 Å². The third kappa shape index (κ3) is 3.87. The Morgan fingerprint density at radius 1 is 1.09 bits per heavy atom. The molecule has 0 saturated carbocycles. The van der Waals surface area contributed by atoms with Crippen LogP contribution in [0.25, 0.3) is 22.0 Å². The Morgan fingerprint density at radius 2 is 1.91 bits per heavy atom. The molecule has 0 spiro atoms. The zero-order chi connectivity index (χ0) is 24.0. The summed E-state index contributed by atoms with van der Waals surface area (Å²) in [5.41, 5.74) is 16.3. The van der Waals surface area contributed by atoms with Crippen molar-refractivity contribution in [2.24, 2.45) is 0 Å². The number of pyridine rings is 3. The van der Waals surface area contributed by atoms with E-state index in [1.807, 2.05) is 43.9 Å². The van der Waals surface area contributed by atoms with E-state index >= 15 is 0 Å². The SMILES string of the molecule is Cc1c(N)cncc1-c1cc2cc(Nc3cc4n(n3)CC(=O)N(C(C)C)CC4)ncc2c(N)n1. The number of nitrogen functional groups attached to an aromatic ring is 2. The highest BCUT2D eigenvalue weighted by Gasteiger charge is 2.23. The molecule has 10 nitrogen and oxygen atoms in total. The molecule has 1 amide bonds. The van der Waals surface area contributed by atoms with Crippen LogP contribution in [0.4, 0.5) is 23.1 Å². The molecule has 0 unspecified atom stereocenters. The Morgan fingerprint density at radius 3 is 2.71 bits per heavy atom. The highest BCUT2D eigenvalue weighted by Crippen LogP contribution is 2.30. The van der Waals surface area contributed by atoms with Crippen molar-refractivity contribution in [1.82, 2.24) is 29.6 Å². The first kappa shape index (κ1) is 21.6. The lowest BCUT2D eigenvalue weighted by atomic mass is 10.0. The number of rotatable bonds is 4. The van der Waals surface area contributed by atoms with Crippen LogP contribution >= 0.6 is 0 Å². The fraction of sp³-hybridized carbons (Fsp3) is 0.292. The molecule has 0 aromatic carbocycles. The number of hydrogen-bond donors (Lipinski definition) is 3. The van der Waals surface area contributed by atoms with Gasteiger partial charge in [-0.25, -0.2) is 9.97 Å². The summed E-state index contributed by atoms with van der Waals surface area (Å²) in [5.74, 6) is 1.73. The van der Waals surface area contributed by atoms with E-state index in [2.05, 4.69) is 25.4 Å². The molecule has 0 radical (unpaired) electrons. The summed E-state index contributed by atoms with van der Waals surface area (Å²) in [6.07, 6.45) is 5.80. The van der Waals surface area contributed by atoms with Gasteiger partial charge in [0, 0.05) is 54.1 Å². The molecule has 4 aromatic rings. The Kier molecular flexibility index (Phi) is 5.27. The van der Waals surface area contributed by atoms with Gasteiger partial charge in [0.25, 0.3) is 0 Å². The van der Waals surface area contributed by atoms with Crippen molar-refractivity contribution in [3.8, 4) is 11.3 Å². The van der Waals surface area contributed by atoms with Gasteiger partial charge in [-0.2, -0.15) is 5.10 Å². The average Bonchev–Trinajstić information content (AvgIpc) is 3.08. The molecule has 5 rings (SSSR count). The van der Waals surface area contributed by atoms with Gasteiger partial charge in [-0.3, -0.25) is 14.5 Å². The number of carbonyl (C=O) groups is 1. The quantitative estimate of drug-likeness (QED) is 0.425. The van der Waals surface area contributed by atoms with Crippen molar-refractivity contribution in [3.63, 3.8) is 0 Å². The maximum atomic E-state index is 12.6. The number of carbonyl (C=O) groups excluding carboxylic acids is 1. The van der Waals surface area contributed by atoms with Crippen LogP contribution in [0.15, 0.2) is 36.8 Å². The predicted octanol–water partition coefficient (Wildman–Crippen LogP) is 2.90. The van der Waals surface area contributed by atoms with E-state index in [9.17, 15) is 4.79 Å². The van der Waals surface area contributed by atoms with Crippen molar-refractivity contribution in [3.05, 3.63) is 48.0 Å². The van der Waals surface area contributed by atoms with E-state index in [1.54, 1.807) is 23.3 Å². The number of nitrogens with two attached hydrogens (primary N) is 2. The van der Waals surface area contributed by atoms with Crippen molar-refractivity contribution in [2.75, 3.05) is 23.3 Å². The fourth-order valence-corrected chi connectivity index (χ4v) is 4.29. The fourth-order valence-electron chi connectivity index (χ4n) is 4.29. The zero-order valence-electron chi connectivity index (χ0n) is 19.4. The van der Waals surface area contributed by atoms with E-state index in [0.717, 1.165) is 34.0 Å². The molecule has 4 aromatic heterocycles. The van der Waals surface area contributed by atoms with E-state index < -0.39 is 0 Å². The molecule has 5 heterocycles. The molecule has 0 bridgehead atoms. The lowest BCUT2D eigenvalue weighted by Crippen LogP contribution is -2.38. The molecule has 0 aliphatic carbocycles. The second-order valence-electron chi connectivity index (χ2n) is 8.82. The second-order valence-corrected chi connectivity index (χ2v) is 8.82. The molecule has 174 valence electrons. The minimum atomic E-state index is 0.0778. The first-order valence-corrected chi connectivity index (χ1v) is 11.2. The lowest BCUT2D eigenvalue weighted by molar-refractivity contribution is -0.133. The molecule has 0 atom stereocenters. The summed E-state index contributed by atoms with van der Waals surface area (Å²) >= 11 is 0. The van der Waals surface area contributed by atoms with Crippen molar-refractivity contribution < 1.29 is 4.79 Å². The Hall–Kier alpha value is -4.21. The minimum Gasteiger partial charge on any atom is -0.397 e. The number of nitrogens with zero attached hydrogens (tertiary/aromatic N) is 6. The maximum absolute atomic E-state index is 12.6. The van der Waals surface area contributed by atoms with Crippen LogP contribution in [-0.4, -0.2) is 48.1 Å². The Labute approximate surface area is 197 Å². The summed E-state index contributed by atoms with van der Waals surface area (Å²) in [6, 6.07) is 6.00. The number of anilines is 4. The third-order valence-corrected chi connectivity index (χ3v) is 6.23. The molecule has 1 aliphatic heterocycles. The van der Waals surface area contributed by atoms with Gasteiger partial charge in [-0.1, -0.05) is 0 Å². The average molecular weight is 458 g/mol. The van der Waals surface area contributed by atoms with Gasteiger partial charge in [0.1, 0.15) is 18.2 Å². The topological polar surface area (TPSA) is 141 Å². The van der Waals surface area contributed by atoms with Crippen LogP contribution in [0.5, 0.6) is 0 Å². The van der Waals surface area contributed by atoms with Crippen LogP contribution in [0.2, 0.25) is 0 Å². The normalized spacial score (nSPS) is 13.9. The summed E-state index contributed by atoms with van der Waals surface area (Å²) in [6.45, 7) is 6.91. The molecule has 34 heavy (non-hydrogen) atoms. The van der Waals surface area contributed by atoms with Crippen LogP contribution in [0.1, 0.15) is 25.1 Å². The van der Waals surface area contributed by atoms with Gasteiger partial charge in [0.15, 0.2) is 5.82 Å². The molecule has 0 saturated heterocycles. The maximum Gasteiger partial charge on any atom is 0.244 e. The molecular weight excluding hydrogens is 430 g/mol. The van der Waals surface area contributed by atoms with Crippen molar-refractivity contribution >= 4 is 39.8 Å². The van der Waals surface area contributed by atoms with E-state index in [4.69, 9.17) is 11.5 Å². The first-order chi connectivity index (χ1) is 16.3. The summed E-state index contributed by atoms with van der Waals surface area (Å²) in [5, 5.41) is 9.49. The van der Waals surface area contributed by atoms with Crippen LogP contribution in [0, 0.1) is 6.92 Å². The largest absolute Gasteiger partial charge is 0.397 e. The third-order valence-electron chi connectivity index (χ3n) is 6.23. The number of nitrogens with one attached hydrogen (secondary N) is 1. The molecule has 5 N–H and O–H groups in total. The Balaban J connectivity index is 1.45. The van der Waals surface area contributed by atoms with Crippen LogP contribution in [0.3, 0.4) is 0 Å². The molecule has 0 fully saturated rings. The summed E-state index contributed by atoms with van der Waals surface area (Å²) < 4.78 is 1.77. The van der Waals surface area contributed by atoms with Gasteiger partial charge >= 0.3 is 0 Å². The molecule has 1 aliphatic rings. The number of aromatic nitrogens is 5. The standard InChI is InChI=1S/C24H27N9O/c1-13(2)32-5-4-16-8-22(31-33(16)12-23(32)34)30-21-7-15-6-20(29-24(26)18(15)10-28-21)17-9-27-11-19(25)14(17)3/h6-11,13H,4-5,12,25H2,1-3H3,(H2,26,29)(H,28,30,31). The van der Waals surface area contributed by atoms with E-state index in [0.29, 0.717) is 35.4 Å². The van der Waals surface area contributed by atoms with Gasteiger partial charge in [-0.15, -0.1) is 0 Å². The van der Waals surface area contributed by atoms with Gasteiger partial charge in [0.05, 0.1) is 17.6 Å². The number of fused-ring (bicyclic) bond motifs is 2. The minimum absolute atomic E-state index is 0.0778. The van der Waals surface area contributed by atoms with Crippen molar-refractivity contribution in [1.29, 1.82) is 0 Å². The predicted molar refractivity (Wildman–Crippen MR) is 132 cm³/mol. The van der Waals surface area contributed by atoms with Crippen LogP contribution in [-0.2, 0) is 17.8 Å². The van der Waals surface area contributed by atoms with Gasteiger partial charge in [0.2, 0.25) is 5.91 Å². The Bertz CT molecular complexity index is 1410. The lowest BCUT2D eigenvalue weighted by Gasteiger charge is -2.24. The zero-order valence-corrected chi connectivity index (χ0v) is 19.4. The number of amides is 1. The van der Waals surface area contributed by atoms with E-state index in [-0.39, 0.29) is 18.5 Å². The second kappa shape index (κ2) is 8.29. The first-order valence-electron chi connectivity index (χ1n) is 11.2. The van der Waals surface area contributed by atoms with Crippen molar-refractivity contribution in [2.45, 2.75) is 39.8 Å². The smallest absolute Gasteiger partial charge is 0.244 e.